The highest BCUT2D eigenvalue weighted by molar-refractivity contribution is 5.97. The first kappa shape index (κ1) is 18.6. The summed E-state index contributed by atoms with van der Waals surface area (Å²) in [6.45, 7) is -2.43. The van der Waals surface area contributed by atoms with Crippen LogP contribution in [0.15, 0.2) is 54.6 Å². The van der Waals surface area contributed by atoms with E-state index in [1.165, 1.54) is 12.1 Å². The molecular formula is C19H19F2NO3. The number of carbonyl (C=O) groups excluding carboxylic acids is 2. The number of Topliss-reactive ketones (excluding diaryl/α,β-unsaturated/α-hetero) is 1. The maximum atomic E-state index is 12.1. The fraction of sp³-hybridized carbons (Fsp3) is 0.263. The third-order valence-electron chi connectivity index (χ3n) is 3.56. The highest BCUT2D eigenvalue weighted by Gasteiger charge is 2.09. The summed E-state index contributed by atoms with van der Waals surface area (Å²) < 4.78 is 28.4. The van der Waals surface area contributed by atoms with E-state index >= 15 is 0 Å². The Bertz CT molecular complexity index is 688. The first-order chi connectivity index (χ1) is 12.0. The van der Waals surface area contributed by atoms with Crippen molar-refractivity contribution in [2.75, 3.05) is 6.54 Å². The molecule has 0 spiro atoms. The van der Waals surface area contributed by atoms with E-state index in [9.17, 15) is 18.4 Å². The number of rotatable bonds is 9. The molecule has 25 heavy (non-hydrogen) atoms. The third kappa shape index (κ3) is 6.71. The minimum absolute atomic E-state index is 0.0645. The summed E-state index contributed by atoms with van der Waals surface area (Å²) >= 11 is 0. The van der Waals surface area contributed by atoms with Gasteiger partial charge in [0.05, 0.1) is 0 Å². The van der Waals surface area contributed by atoms with Crippen LogP contribution in [0.5, 0.6) is 5.75 Å². The zero-order chi connectivity index (χ0) is 18.1. The number of hydrogen-bond donors (Lipinski definition) is 1. The van der Waals surface area contributed by atoms with Crippen LogP contribution in [0.2, 0.25) is 0 Å². The van der Waals surface area contributed by atoms with Gasteiger partial charge in [0, 0.05) is 24.9 Å². The van der Waals surface area contributed by atoms with Crippen LogP contribution in [0.3, 0.4) is 0 Å². The van der Waals surface area contributed by atoms with Crippen molar-refractivity contribution in [2.45, 2.75) is 25.9 Å². The third-order valence-corrected chi connectivity index (χ3v) is 3.56. The molecule has 2 aromatic rings. The molecule has 0 atom stereocenters. The predicted molar refractivity (Wildman–Crippen MR) is 89.8 cm³/mol. The van der Waals surface area contributed by atoms with E-state index in [2.05, 4.69) is 10.1 Å². The largest absolute Gasteiger partial charge is 0.435 e. The van der Waals surface area contributed by atoms with Crippen molar-refractivity contribution in [3.63, 3.8) is 0 Å². The summed E-state index contributed by atoms with van der Waals surface area (Å²) in [7, 11) is 0. The topological polar surface area (TPSA) is 55.4 Å². The fourth-order valence-corrected chi connectivity index (χ4v) is 2.27. The van der Waals surface area contributed by atoms with Crippen molar-refractivity contribution < 1.29 is 23.1 Å². The van der Waals surface area contributed by atoms with Crippen LogP contribution in [0.25, 0.3) is 0 Å². The average Bonchev–Trinajstić information content (AvgIpc) is 2.61. The van der Waals surface area contributed by atoms with Gasteiger partial charge in [0.2, 0.25) is 5.91 Å². The van der Waals surface area contributed by atoms with Crippen molar-refractivity contribution in [2.24, 2.45) is 0 Å². The standard InChI is InChI=1S/C19H19F2NO3/c20-19(21)25-16-8-6-14(7-9-16)12-13-22-18(24)11-10-17(23)15-4-2-1-3-5-15/h1-9,19H,10-13H2,(H,22,24). The molecule has 0 aliphatic rings. The number of carbonyl (C=O) groups is 2. The molecule has 0 aromatic heterocycles. The van der Waals surface area contributed by atoms with Crippen LogP contribution in [-0.2, 0) is 11.2 Å². The number of alkyl halides is 2. The number of amides is 1. The molecule has 2 aromatic carbocycles. The van der Waals surface area contributed by atoms with Crippen LogP contribution < -0.4 is 10.1 Å². The number of ether oxygens (including phenoxy) is 1. The first-order valence-electron chi connectivity index (χ1n) is 7.93. The molecule has 6 heteroatoms. The Balaban J connectivity index is 1.67. The highest BCUT2D eigenvalue weighted by atomic mass is 19.3. The Hall–Kier alpha value is -2.76. The second-order valence-corrected chi connectivity index (χ2v) is 5.41. The summed E-state index contributed by atoms with van der Waals surface area (Å²) in [6, 6.07) is 15.1. The molecule has 0 aliphatic heterocycles. The minimum Gasteiger partial charge on any atom is -0.435 e. The molecule has 0 saturated carbocycles. The van der Waals surface area contributed by atoms with Crippen LogP contribution in [0, 0.1) is 0 Å². The number of ketones is 1. The lowest BCUT2D eigenvalue weighted by molar-refractivity contribution is -0.121. The maximum absolute atomic E-state index is 12.1. The van der Waals surface area contributed by atoms with E-state index < -0.39 is 6.61 Å². The Morgan fingerprint density at radius 1 is 0.960 bits per heavy atom. The van der Waals surface area contributed by atoms with Gasteiger partial charge >= 0.3 is 6.61 Å². The Morgan fingerprint density at radius 2 is 1.64 bits per heavy atom. The van der Waals surface area contributed by atoms with Crippen LogP contribution in [0.1, 0.15) is 28.8 Å². The molecule has 0 heterocycles. The molecular weight excluding hydrogens is 328 g/mol. The molecule has 0 fully saturated rings. The van der Waals surface area contributed by atoms with Gasteiger partial charge in [-0.3, -0.25) is 9.59 Å². The number of halogens is 2. The zero-order valence-electron chi connectivity index (χ0n) is 13.6. The zero-order valence-corrected chi connectivity index (χ0v) is 13.6. The van der Waals surface area contributed by atoms with Crippen LogP contribution in [0.4, 0.5) is 8.78 Å². The molecule has 1 amide bonds. The van der Waals surface area contributed by atoms with Crippen molar-refractivity contribution in [1.82, 2.24) is 5.32 Å². The first-order valence-corrected chi connectivity index (χ1v) is 7.93. The van der Waals surface area contributed by atoms with Crippen LogP contribution in [-0.4, -0.2) is 24.8 Å². The van der Waals surface area contributed by atoms with E-state index in [1.54, 1.807) is 36.4 Å². The quantitative estimate of drug-likeness (QED) is 0.705. The summed E-state index contributed by atoms with van der Waals surface area (Å²) in [5, 5.41) is 2.74. The van der Waals surface area contributed by atoms with E-state index in [0.717, 1.165) is 5.56 Å². The van der Waals surface area contributed by atoms with Gasteiger partial charge in [0.15, 0.2) is 5.78 Å². The second-order valence-electron chi connectivity index (χ2n) is 5.41. The molecule has 2 rings (SSSR count). The minimum atomic E-state index is -2.84. The molecule has 0 aliphatic carbocycles. The lowest BCUT2D eigenvalue weighted by Crippen LogP contribution is -2.26. The second kappa shape index (κ2) is 9.52. The van der Waals surface area contributed by atoms with Crippen LogP contribution >= 0.6 is 0 Å². The Morgan fingerprint density at radius 3 is 2.28 bits per heavy atom. The van der Waals surface area contributed by atoms with E-state index in [4.69, 9.17) is 0 Å². The summed E-state index contributed by atoms with van der Waals surface area (Å²) in [5.74, 6) is -0.158. The maximum Gasteiger partial charge on any atom is 0.387 e. The Labute approximate surface area is 144 Å². The van der Waals surface area contributed by atoms with Gasteiger partial charge in [-0.15, -0.1) is 0 Å². The monoisotopic (exact) mass is 347 g/mol. The molecule has 0 unspecified atom stereocenters. The molecule has 0 radical (unpaired) electrons. The molecule has 4 nitrogen and oxygen atoms in total. The Kier molecular flexibility index (Phi) is 7.07. The van der Waals surface area contributed by atoms with Gasteiger partial charge in [-0.2, -0.15) is 8.78 Å². The average molecular weight is 347 g/mol. The van der Waals surface area contributed by atoms with Gasteiger partial charge in [0.25, 0.3) is 0 Å². The summed E-state index contributed by atoms with van der Waals surface area (Å²) in [4.78, 5) is 23.7. The van der Waals surface area contributed by atoms with Gasteiger partial charge in [-0.25, -0.2) is 0 Å². The summed E-state index contributed by atoms with van der Waals surface area (Å²) in [6.07, 6.45) is 0.859. The summed E-state index contributed by atoms with van der Waals surface area (Å²) in [5.41, 5.74) is 1.49. The van der Waals surface area contributed by atoms with Crippen molar-refractivity contribution in [3.8, 4) is 5.75 Å². The van der Waals surface area contributed by atoms with E-state index in [0.29, 0.717) is 18.5 Å². The lowest BCUT2D eigenvalue weighted by atomic mass is 10.1. The van der Waals surface area contributed by atoms with Crippen molar-refractivity contribution >= 4 is 11.7 Å². The number of benzene rings is 2. The van der Waals surface area contributed by atoms with Crippen molar-refractivity contribution in [3.05, 3.63) is 65.7 Å². The van der Waals surface area contributed by atoms with Gasteiger partial charge < -0.3 is 10.1 Å². The normalized spacial score (nSPS) is 10.5. The molecule has 1 N–H and O–H groups in total. The number of hydrogen-bond acceptors (Lipinski definition) is 3. The molecule has 132 valence electrons. The SMILES string of the molecule is O=C(CCC(=O)c1ccccc1)NCCc1ccc(OC(F)F)cc1. The van der Waals surface area contributed by atoms with Gasteiger partial charge in [-0.05, 0) is 24.1 Å². The predicted octanol–water partition coefficient (Wildman–Crippen LogP) is 3.61. The molecule has 0 saturated heterocycles. The van der Waals surface area contributed by atoms with Crippen molar-refractivity contribution in [1.29, 1.82) is 0 Å². The van der Waals surface area contributed by atoms with Gasteiger partial charge in [-0.1, -0.05) is 42.5 Å². The highest BCUT2D eigenvalue weighted by Crippen LogP contribution is 2.15. The number of nitrogens with one attached hydrogen (secondary N) is 1. The fourth-order valence-electron chi connectivity index (χ4n) is 2.27. The van der Waals surface area contributed by atoms with E-state index in [-0.39, 0.29) is 30.3 Å². The molecule has 0 bridgehead atoms. The van der Waals surface area contributed by atoms with E-state index in [1.807, 2.05) is 6.07 Å². The lowest BCUT2D eigenvalue weighted by Gasteiger charge is -2.07. The smallest absolute Gasteiger partial charge is 0.387 e. The van der Waals surface area contributed by atoms with Gasteiger partial charge in [0.1, 0.15) is 5.75 Å².